The average molecular weight is 635 g/mol. The van der Waals surface area contributed by atoms with Crippen LogP contribution in [0.3, 0.4) is 0 Å². The van der Waals surface area contributed by atoms with Gasteiger partial charge in [-0.1, -0.05) is 60.7 Å². The molecule has 0 radical (unpaired) electrons. The van der Waals surface area contributed by atoms with Crippen LogP contribution in [0.15, 0.2) is 60.7 Å². The molecule has 3 aromatic carbocycles. The van der Waals surface area contributed by atoms with Crippen molar-refractivity contribution in [1.29, 1.82) is 0 Å². The van der Waals surface area contributed by atoms with Gasteiger partial charge in [0, 0.05) is 13.3 Å². The molecule has 0 fully saturated rings. The van der Waals surface area contributed by atoms with Crippen LogP contribution in [0, 0.1) is 27.7 Å². The van der Waals surface area contributed by atoms with Crippen molar-refractivity contribution in [1.82, 2.24) is 10.6 Å². The molecule has 3 rings (SSSR count). The Labute approximate surface area is 266 Å². The van der Waals surface area contributed by atoms with Gasteiger partial charge >= 0.3 is 30.0 Å². The molecule has 4 N–H and O–H groups in total. The Bertz CT molecular complexity index is 1560. The fraction of sp³-hybridized carbons (Fsp3) is 0.294. The number of aromatic carboxylic acids is 1. The average Bonchev–Trinajstić information content (AvgIpc) is 2.99. The number of ether oxygens (including phenoxy) is 2. The Morgan fingerprint density at radius 3 is 1.65 bits per heavy atom. The Balaban J connectivity index is 0.000000341. The van der Waals surface area contributed by atoms with Gasteiger partial charge in [0.2, 0.25) is 5.91 Å². The molecule has 2 amide bonds. The molecule has 2 atom stereocenters. The van der Waals surface area contributed by atoms with Crippen molar-refractivity contribution in [3.8, 4) is 0 Å². The summed E-state index contributed by atoms with van der Waals surface area (Å²) in [5.74, 6) is -4.22. The minimum absolute atomic E-state index is 0.0673. The molecular weight excluding hydrogens is 596 g/mol. The van der Waals surface area contributed by atoms with E-state index in [4.69, 9.17) is 9.84 Å². The summed E-state index contributed by atoms with van der Waals surface area (Å²) in [6, 6.07) is 16.2. The number of hydrogen-bond acceptors (Lipinski definition) is 8. The highest BCUT2D eigenvalue weighted by molar-refractivity contribution is 6.01. The lowest BCUT2D eigenvalue weighted by atomic mass is 9.89. The smallest absolute Gasteiger partial charge is 0.408 e. The van der Waals surface area contributed by atoms with Crippen molar-refractivity contribution in [3.05, 3.63) is 105 Å². The summed E-state index contributed by atoms with van der Waals surface area (Å²) >= 11 is 0. The van der Waals surface area contributed by atoms with E-state index >= 15 is 0 Å². The van der Waals surface area contributed by atoms with Gasteiger partial charge in [-0.05, 0) is 68.0 Å². The number of nitrogens with one attached hydrogen (secondary N) is 2. The quantitative estimate of drug-likeness (QED) is 0.184. The fourth-order valence-electron chi connectivity index (χ4n) is 4.46. The van der Waals surface area contributed by atoms with Crippen molar-refractivity contribution in [3.63, 3.8) is 0 Å². The first-order chi connectivity index (χ1) is 21.6. The van der Waals surface area contributed by atoms with E-state index in [0.29, 0.717) is 22.3 Å². The summed E-state index contributed by atoms with van der Waals surface area (Å²) < 4.78 is 9.74. The highest BCUT2D eigenvalue weighted by Gasteiger charge is 2.26. The zero-order valence-corrected chi connectivity index (χ0v) is 26.5. The summed E-state index contributed by atoms with van der Waals surface area (Å²) in [7, 11) is 0. The highest BCUT2D eigenvalue weighted by atomic mass is 16.6. The molecule has 0 heterocycles. The molecule has 0 aliphatic rings. The van der Waals surface area contributed by atoms with Gasteiger partial charge in [0.05, 0.1) is 11.1 Å². The van der Waals surface area contributed by atoms with Gasteiger partial charge in [-0.15, -0.1) is 0 Å². The van der Waals surface area contributed by atoms with Crippen LogP contribution >= 0.6 is 0 Å². The van der Waals surface area contributed by atoms with E-state index in [1.807, 2.05) is 60.7 Å². The predicted octanol–water partition coefficient (Wildman–Crippen LogP) is 4.44. The molecule has 12 heteroatoms. The van der Waals surface area contributed by atoms with Crippen molar-refractivity contribution in [2.24, 2.45) is 0 Å². The van der Waals surface area contributed by atoms with Crippen molar-refractivity contribution in [2.75, 3.05) is 0 Å². The predicted molar refractivity (Wildman–Crippen MR) is 167 cm³/mol. The number of carbonyl (C=O) groups is 6. The second kappa shape index (κ2) is 17.1. The molecule has 12 nitrogen and oxygen atoms in total. The number of rotatable bonds is 10. The number of aliphatic carboxylic acids is 1. The molecular formula is C34H38N2O10. The third-order valence-electron chi connectivity index (χ3n) is 7.11. The van der Waals surface area contributed by atoms with Crippen LogP contribution in [0.1, 0.15) is 67.9 Å². The minimum Gasteiger partial charge on any atom is -0.480 e. The number of carboxylic acids is 2. The molecule has 0 aliphatic heterocycles. The van der Waals surface area contributed by atoms with E-state index in [2.05, 4.69) is 15.4 Å². The summed E-state index contributed by atoms with van der Waals surface area (Å²) in [4.78, 5) is 69.5. The van der Waals surface area contributed by atoms with E-state index in [9.17, 15) is 33.9 Å². The van der Waals surface area contributed by atoms with Crippen LogP contribution in [0.2, 0.25) is 0 Å². The van der Waals surface area contributed by atoms with Gasteiger partial charge in [-0.25, -0.2) is 14.4 Å². The minimum atomic E-state index is -1.16. The maximum atomic E-state index is 12.4. The van der Waals surface area contributed by atoms with E-state index < -0.39 is 48.0 Å². The fourth-order valence-corrected chi connectivity index (χ4v) is 4.46. The summed E-state index contributed by atoms with van der Waals surface area (Å²) in [5.41, 5.74) is 4.14. The molecule has 0 aliphatic carbocycles. The third kappa shape index (κ3) is 10.6. The zero-order chi connectivity index (χ0) is 34.6. The Morgan fingerprint density at radius 1 is 0.717 bits per heavy atom. The van der Waals surface area contributed by atoms with Gasteiger partial charge < -0.3 is 30.3 Å². The summed E-state index contributed by atoms with van der Waals surface area (Å²) in [5, 5.41) is 23.1. The second-order valence-electron chi connectivity index (χ2n) is 10.5. The monoisotopic (exact) mass is 634 g/mol. The van der Waals surface area contributed by atoms with E-state index in [-0.39, 0.29) is 24.2 Å². The van der Waals surface area contributed by atoms with Gasteiger partial charge in [-0.3, -0.25) is 14.4 Å². The molecule has 3 aromatic rings. The number of alkyl carbamates (subject to hydrolysis) is 1. The van der Waals surface area contributed by atoms with Crippen LogP contribution in [0.4, 0.5) is 4.79 Å². The Kier molecular flexibility index (Phi) is 13.6. The summed E-state index contributed by atoms with van der Waals surface area (Å²) in [6.07, 6.45) is -0.544. The highest BCUT2D eigenvalue weighted by Crippen LogP contribution is 2.27. The Morgan fingerprint density at radius 2 is 1.20 bits per heavy atom. The molecule has 244 valence electrons. The van der Waals surface area contributed by atoms with E-state index in [1.54, 1.807) is 27.7 Å². The summed E-state index contributed by atoms with van der Waals surface area (Å²) in [6.45, 7) is 9.13. The first kappa shape index (κ1) is 36.7. The van der Waals surface area contributed by atoms with Gasteiger partial charge in [-0.2, -0.15) is 0 Å². The molecule has 0 bridgehead atoms. The van der Waals surface area contributed by atoms with Gasteiger partial charge in [0.15, 0.2) is 0 Å². The van der Waals surface area contributed by atoms with E-state index in [0.717, 1.165) is 18.1 Å². The van der Waals surface area contributed by atoms with Crippen molar-refractivity contribution < 1.29 is 48.5 Å². The number of carboxylic acid groups (broad SMARTS) is 2. The maximum Gasteiger partial charge on any atom is 0.408 e. The zero-order valence-electron chi connectivity index (χ0n) is 26.5. The van der Waals surface area contributed by atoms with Crippen LogP contribution in [0.25, 0.3) is 0 Å². The van der Waals surface area contributed by atoms with Crippen LogP contribution in [-0.2, 0) is 36.9 Å². The normalized spacial score (nSPS) is 11.5. The van der Waals surface area contributed by atoms with Crippen molar-refractivity contribution in [2.45, 2.75) is 66.7 Å². The van der Waals surface area contributed by atoms with Crippen LogP contribution in [0.5, 0.6) is 0 Å². The molecule has 0 saturated carbocycles. The number of esters is 2. The van der Waals surface area contributed by atoms with Gasteiger partial charge in [0.25, 0.3) is 0 Å². The van der Waals surface area contributed by atoms with Crippen LogP contribution < -0.4 is 10.6 Å². The molecule has 0 saturated heterocycles. The largest absolute Gasteiger partial charge is 0.480 e. The third-order valence-corrected chi connectivity index (χ3v) is 7.11. The van der Waals surface area contributed by atoms with Crippen LogP contribution in [-0.4, -0.2) is 58.2 Å². The first-order valence-electron chi connectivity index (χ1n) is 14.2. The number of benzene rings is 3. The lowest BCUT2D eigenvalue weighted by molar-refractivity contribution is -0.141. The number of carbonyl (C=O) groups excluding carboxylic acids is 4. The number of amides is 2. The van der Waals surface area contributed by atoms with Gasteiger partial charge in [0.1, 0.15) is 18.7 Å². The Hall–Kier alpha value is -5.52. The lowest BCUT2D eigenvalue weighted by Crippen LogP contribution is -2.51. The first-order valence-corrected chi connectivity index (χ1v) is 14.2. The molecule has 0 aromatic heterocycles. The maximum absolute atomic E-state index is 12.4. The molecule has 46 heavy (non-hydrogen) atoms. The lowest BCUT2D eigenvalue weighted by Gasteiger charge is -2.20. The second-order valence-corrected chi connectivity index (χ2v) is 10.5. The molecule has 0 spiro atoms. The topological polar surface area (TPSA) is 185 Å². The van der Waals surface area contributed by atoms with E-state index in [1.165, 1.54) is 6.92 Å². The standard InChI is InChI=1S/C20H22N2O5.C14H16O5/c1-14(19(24)25)21-18(23)17(12-15-8-4-2-5-9-15)22-20(26)27-13-16-10-6-3-7-11-16;1-6-8(3)12(14(18)19-10(5)15)9(4)7(2)11(6)13(16)17/h2-11,14,17H,12-13H2,1H3,(H,21,23)(H,22,26)(H,24,25);1-5H3,(H,16,17)/t14-,17-;/m0./s1. The SMILES string of the molecule is CC(=O)OC(=O)c1c(C)c(C)c(C(=O)O)c(C)c1C.C[C@H](NC(=O)[C@H](Cc1ccccc1)NC(=O)OCc1ccccc1)C(=O)O. The molecule has 0 unspecified atom stereocenters. The number of hydrogen-bond donors (Lipinski definition) is 4. The van der Waals surface area contributed by atoms with Crippen molar-refractivity contribution >= 4 is 35.9 Å².